The number of hydrogen-bond donors (Lipinski definition) is 0. The van der Waals surface area contributed by atoms with Crippen molar-refractivity contribution in [3.63, 3.8) is 0 Å². The smallest absolute Gasteiger partial charge is 0.0165 e. The third kappa shape index (κ3) is 5.97. The number of rotatable bonds is 11. The van der Waals surface area contributed by atoms with Crippen LogP contribution in [-0.2, 0) is 12.8 Å². The van der Waals surface area contributed by atoms with Gasteiger partial charge in [-0.05, 0) is 104 Å². The third-order valence-electron chi connectivity index (χ3n) is 6.78. The largest absolute Gasteiger partial charge is 0.0648 e. The van der Waals surface area contributed by atoms with E-state index in [-0.39, 0.29) is 0 Å². The molecule has 0 heterocycles. The molecule has 2 aromatic carbocycles. The van der Waals surface area contributed by atoms with Crippen LogP contribution < -0.4 is 0 Å². The molecule has 154 valence electrons. The SMILES string of the molecule is CCc1cc(CCCCC(CC)c2ccc(C(CC)CC)cc2)c(C)cc1C. The minimum absolute atomic E-state index is 0.709. The van der Waals surface area contributed by atoms with Gasteiger partial charge < -0.3 is 0 Å². The second-order valence-electron chi connectivity index (χ2n) is 8.59. The molecule has 0 spiro atoms. The molecule has 0 nitrogen and oxygen atoms in total. The minimum atomic E-state index is 0.709. The lowest BCUT2D eigenvalue weighted by Gasteiger charge is -2.18. The van der Waals surface area contributed by atoms with E-state index in [0.29, 0.717) is 5.92 Å². The summed E-state index contributed by atoms with van der Waals surface area (Å²) in [4.78, 5) is 0. The van der Waals surface area contributed by atoms with Crippen LogP contribution in [0.25, 0.3) is 0 Å². The van der Waals surface area contributed by atoms with Gasteiger partial charge in [0.2, 0.25) is 0 Å². The van der Waals surface area contributed by atoms with Crippen molar-refractivity contribution in [3.8, 4) is 0 Å². The fourth-order valence-electron chi connectivity index (χ4n) is 4.71. The van der Waals surface area contributed by atoms with Crippen LogP contribution in [0.3, 0.4) is 0 Å². The van der Waals surface area contributed by atoms with Gasteiger partial charge in [0.05, 0.1) is 0 Å². The summed E-state index contributed by atoms with van der Waals surface area (Å²) >= 11 is 0. The monoisotopic (exact) mass is 378 g/mol. The molecule has 0 fully saturated rings. The first-order valence-electron chi connectivity index (χ1n) is 11.7. The van der Waals surface area contributed by atoms with E-state index in [0.717, 1.165) is 12.3 Å². The molecule has 2 rings (SSSR count). The molecule has 0 saturated carbocycles. The van der Waals surface area contributed by atoms with Gasteiger partial charge in [0.1, 0.15) is 0 Å². The lowest BCUT2D eigenvalue weighted by molar-refractivity contribution is 0.556. The van der Waals surface area contributed by atoms with Gasteiger partial charge in [-0.15, -0.1) is 0 Å². The standard InChI is InChI=1S/C28H42/c1-7-23(8-2)26-15-17-27(18-16-26)24(9-3)13-11-12-14-28-20-25(10-4)21(5)19-22(28)6/h15-20,23-24H,7-14H2,1-6H3. The second-order valence-corrected chi connectivity index (χ2v) is 8.59. The van der Waals surface area contributed by atoms with Gasteiger partial charge in [-0.1, -0.05) is 70.5 Å². The van der Waals surface area contributed by atoms with Crippen LogP contribution >= 0.6 is 0 Å². The average molecular weight is 379 g/mol. The van der Waals surface area contributed by atoms with Gasteiger partial charge >= 0.3 is 0 Å². The number of aryl methyl sites for hydroxylation is 4. The van der Waals surface area contributed by atoms with Crippen molar-refractivity contribution in [2.24, 2.45) is 0 Å². The highest BCUT2D eigenvalue weighted by Gasteiger charge is 2.12. The van der Waals surface area contributed by atoms with E-state index >= 15 is 0 Å². The van der Waals surface area contributed by atoms with Crippen molar-refractivity contribution < 1.29 is 0 Å². The first kappa shape index (κ1) is 22.7. The predicted molar refractivity (Wildman–Crippen MR) is 126 cm³/mol. The lowest BCUT2D eigenvalue weighted by Crippen LogP contribution is -2.01. The van der Waals surface area contributed by atoms with E-state index in [2.05, 4.69) is 77.9 Å². The van der Waals surface area contributed by atoms with E-state index < -0.39 is 0 Å². The second kappa shape index (κ2) is 11.4. The molecular weight excluding hydrogens is 336 g/mol. The van der Waals surface area contributed by atoms with Crippen LogP contribution in [0, 0.1) is 13.8 Å². The molecule has 0 amide bonds. The molecule has 28 heavy (non-hydrogen) atoms. The highest BCUT2D eigenvalue weighted by Crippen LogP contribution is 2.29. The summed E-state index contributed by atoms with van der Waals surface area (Å²) < 4.78 is 0. The molecule has 0 radical (unpaired) electrons. The Morgan fingerprint density at radius 2 is 1.18 bits per heavy atom. The summed E-state index contributed by atoms with van der Waals surface area (Å²) in [5, 5.41) is 0. The zero-order chi connectivity index (χ0) is 20.5. The van der Waals surface area contributed by atoms with Crippen molar-refractivity contribution in [2.75, 3.05) is 0 Å². The normalized spacial score (nSPS) is 12.5. The quantitative estimate of drug-likeness (QED) is 0.343. The number of hydrogen-bond acceptors (Lipinski definition) is 0. The predicted octanol–water partition coefficient (Wildman–Crippen LogP) is 8.68. The number of benzene rings is 2. The highest BCUT2D eigenvalue weighted by atomic mass is 14.2. The minimum Gasteiger partial charge on any atom is -0.0648 e. The molecule has 1 unspecified atom stereocenters. The highest BCUT2D eigenvalue weighted by molar-refractivity contribution is 5.37. The molecule has 0 bridgehead atoms. The molecule has 1 atom stereocenters. The van der Waals surface area contributed by atoms with Crippen molar-refractivity contribution in [1.29, 1.82) is 0 Å². The molecule has 0 aliphatic rings. The Bertz CT molecular complexity index is 704. The maximum atomic E-state index is 2.46. The van der Waals surface area contributed by atoms with Gasteiger partial charge in [-0.3, -0.25) is 0 Å². The first-order valence-corrected chi connectivity index (χ1v) is 11.7. The van der Waals surface area contributed by atoms with Gasteiger partial charge in [-0.25, -0.2) is 0 Å². The van der Waals surface area contributed by atoms with E-state index in [1.807, 2.05) is 0 Å². The van der Waals surface area contributed by atoms with Crippen LogP contribution in [0.15, 0.2) is 36.4 Å². The molecule has 0 aliphatic heterocycles. The van der Waals surface area contributed by atoms with E-state index in [9.17, 15) is 0 Å². The summed E-state index contributed by atoms with van der Waals surface area (Å²) in [6, 6.07) is 14.4. The maximum absolute atomic E-state index is 2.46. The van der Waals surface area contributed by atoms with Crippen molar-refractivity contribution in [3.05, 3.63) is 69.8 Å². The summed E-state index contributed by atoms with van der Waals surface area (Å²) in [6.45, 7) is 13.7. The Labute approximate surface area is 174 Å². The summed E-state index contributed by atoms with van der Waals surface area (Å²) in [6.07, 6.45) is 10.0. The molecule has 2 aromatic rings. The molecule has 0 saturated heterocycles. The topological polar surface area (TPSA) is 0 Å². The molecular formula is C28H42. The van der Waals surface area contributed by atoms with E-state index in [1.165, 1.54) is 72.8 Å². The average Bonchev–Trinajstić information content (AvgIpc) is 2.71. The summed E-state index contributed by atoms with van der Waals surface area (Å²) in [5.41, 5.74) is 9.06. The van der Waals surface area contributed by atoms with Crippen LogP contribution in [0.1, 0.15) is 111 Å². The van der Waals surface area contributed by atoms with E-state index in [1.54, 1.807) is 5.56 Å². The van der Waals surface area contributed by atoms with Crippen LogP contribution in [-0.4, -0.2) is 0 Å². The van der Waals surface area contributed by atoms with Gasteiger partial charge in [0.15, 0.2) is 0 Å². The van der Waals surface area contributed by atoms with Crippen molar-refractivity contribution >= 4 is 0 Å². The van der Waals surface area contributed by atoms with Crippen LogP contribution in [0.4, 0.5) is 0 Å². The summed E-state index contributed by atoms with van der Waals surface area (Å²) in [7, 11) is 0. The zero-order valence-corrected chi connectivity index (χ0v) is 19.3. The fourth-order valence-corrected chi connectivity index (χ4v) is 4.71. The van der Waals surface area contributed by atoms with E-state index in [4.69, 9.17) is 0 Å². The third-order valence-corrected chi connectivity index (χ3v) is 6.78. The Morgan fingerprint density at radius 1 is 0.643 bits per heavy atom. The van der Waals surface area contributed by atoms with Crippen LogP contribution in [0.5, 0.6) is 0 Å². The Morgan fingerprint density at radius 3 is 1.71 bits per heavy atom. The molecule has 0 N–H and O–H groups in total. The summed E-state index contributed by atoms with van der Waals surface area (Å²) in [5.74, 6) is 1.43. The van der Waals surface area contributed by atoms with Gasteiger partial charge in [0, 0.05) is 0 Å². The van der Waals surface area contributed by atoms with Gasteiger partial charge in [-0.2, -0.15) is 0 Å². The lowest BCUT2D eigenvalue weighted by atomic mass is 9.87. The van der Waals surface area contributed by atoms with Crippen molar-refractivity contribution in [2.45, 2.75) is 105 Å². The zero-order valence-electron chi connectivity index (χ0n) is 19.3. The Balaban J connectivity index is 1.90. The Hall–Kier alpha value is -1.56. The molecule has 0 heteroatoms. The number of unbranched alkanes of at least 4 members (excludes halogenated alkanes) is 1. The van der Waals surface area contributed by atoms with Crippen molar-refractivity contribution in [1.82, 2.24) is 0 Å². The first-order chi connectivity index (χ1) is 13.5. The molecule has 0 aromatic heterocycles. The fraction of sp³-hybridized carbons (Fsp3) is 0.571. The molecule has 0 aliphatic carbocycles. The Kier molecular flexibility index (Phi) is 9.29. The van der Waals surface area contributed by atoms with Crippen LogP contribution in [0.2, 0.25) is 0 Å². The maximum Gasteiger partial charge on any atom is -0.0165 e. The van der Waals surface area contributed by atoms with Gasteiger partial charge in [0.25, 0.3) is 0 Å².